The molecule has 9 nitrogen and oxygen atoms in total. The lowest BCUT2D eigenvalue weighted by Gasteiger charge is -2.27. The molecule has 3 atom stereocenters. The molecule has 394 valence electrons. The van der Waals surface area contributed by atoms with E-state index in [0.717, 1.165) is 103 Å². The molecule has 0 fully saturated rings. The van der Waals surface area contributed by atoms with Gasteiger partial charge in [0.05, 0.1) is 33.8 Å². The Balaban J connectivity index is 5.54. The Hall–Kier alpha value is -3.33. The van der Waals surface area contributed by atoms with E-state index in [1.807, 2.05) is 33.3 Å². The molecular weight excluding hydrogens is 880 g/mol. The third kappa shape index (κ3) is 49.4. The number of rotatable bonds is 47. The molecule has 10 heteroatoms. The fourth-order valence-electron chi connectivity index (χ4n) is 7.05. The van der Waals surface area contributed by atoms with E-state index in [1.165, 1.54) is 51.4 Å². The van der Waals surface area contributed by atoms with E-state index in [1.54, 1.807) is 0 Å². The topological polar surface area (TPSA) is 111 Å². The fraction of sp³-hybridized carbons (Fsp3) is 0.661. The van der Waals surface area contributed by atoms with Crippen LogP contribution in [0.2, 0.25) is 0 Å². The number of phosphoric acid groups is 1. The van der Waals surface area contributed by atoms with Crippen LogP contribution in [0.4, 0.5) is 0 Å². The van der Waals surface area contributed by atoms with Crippen molar-refractivity contribution in [3.63, 3.8) is 0 Å². The molecule has 0 saturated carbocycles. The van der Waals surface area contributed by atoms with Crippen molar-refractivity contribution < 1.29 is 37.3 Å². The first kappa shape index (κ1) is 65.7. The number of carbonyl (C=O) groups excluding carboxylic acids is 2. The number of unbranched alkanes of at least 4 members (excludes halogenated alkanes) is 15. The van der Waals surface area contributed by atoms with E-state index in [9.17, 15) is 19.0 Å². The van der Waals surface area contributed by atoms with Gasteiger partial charge in [0.15, 0.2) is 0 Å². The molecule has 0 heterocycles. The van der Waals surface area contributed by atoms with Crippen LogP contribution in [-0.2, 0) is 27.9 Å². The molecule has 0 aliphatic carbocycles. The van der Waals surface area contributed by atoms with E-state index in [2.05, 4.69) is 123 Å². The van der Waals surface area contributed by atoms with Gasteiger partial charge in [0.25, 0.3) is 0 Å². The molecule has 69 heavy (non-hydrogen) atoms. The highest BCUT2D eigenvalue weighted by Crippen LogP contribution is 2.43. The number of amides is 1. The number of allylic oxidation sites excluding steroid dienone is 17. The molecule has 0 aromatic carbocycles. The second-order valence-corrected chi connectivity index (χ2v) is 20.4. The second kappa shape index (κ2) is 48.3. The third-order valence-corrected chi connectivity index (χ3v) is 12.2. The average Bonchev–Trinajstić information content (AvgIpc) is 3.31. The smallest absolute Gasteiger partial charge is 0.456 e. The van der Waals surface area contributed by atoms with Crippen molar-refractivity contribution in [3.8, 4) is 0 Å². The van der Waals surface area contributed by atoms with E-state index < -0.39 is 25.9 Å². The van der Waals surface area contributed by atoms with Crippen molar-refractivity contribution in [1.29, 1.82) is 0 Å². The summed E-state index contributed by atoms with van der Waals surface area (Å²) in [5.41, 5.74) is 0. The highest BCUT2D eigenvalue weighted by atomic mass is 31.2. The van der Waals surface area contributed by atoms with Gasteiger partial charge in [0.1, 0.15) is 19.3 Å². The Labute approximate surface area is 423 Å². The predicted molar refractivity (Wildman–Crippen MR) is 295 cm³/mol. The summed E-state index contributed by atoms with van der Waals surface area (Å²) in [5.74, 6) is -0.610. The first-order chi connectivity index (χ1) is 33.4. The molecule has 0 aliphatic heterocycles. The Morgan fingerprint density at radius 1 is 0.522 bits per heavy atom. The Morgan fingerprint density at radius 2 is 0.942 bits per heavy atom. The number of likely N-dealkylation sites (N-methyl/N-ethyl adjacent to an activating group) is 1. The van der Waals surface area contributed by atoms with E-state index in [0.29, 0.717) is 23.9 Å². The van der Waals surface area contributed by atoms with Gasteiger partial charge >= 0.3 is 13.8 Å². The van der Waals surface area contributed by atoms with E-state index in [-0.39, 0.29) is 32.0 Å². The lowest BCUT2D eigenvalue weighted by Crippen LogP contribution is -2.47. The van der Waals surface area contributed by atoms with Crippen LogP contribution in [0.15, 0.2) is 109 Å². The number of quaternary nitrogens is 1. The molecule has 0 aromatic heterocycles. The molecule has 0 rings (SSSR count). The molecule has 0 radical (unpaired) electrons. The zero-order valence-electron chi connectivity index (χ0n) is 44.8. The summed E-state index contributed by atoms with van der Waals surface area (Å²) in [5, 5.41) is 3.01. The quantitative estimate of drug-likeness (QED) is 0.0205. The zero-order valence-corrected chi connectivity index (χ0v) is 45.7. The van der Waals surface area contributed by atoms with E-state index in [4.69, 9.17) is 13.8 Å². The third-order valence-electron chi connectivity index (χ3n) is 11.2. The predicted octanol–water partition coefficient (Wildman–Crippen LogP) is 16.2. The maximum absolute atomic E-state index is 13.5. The minimum atomic E-state index is -4.47. The van der Waals surface area contributed by atoms with Crippen molar-refractivity contribution in [2.24, 2.45) is 0 Å². The lowest BCUT2D eigenvalue weighted by atomic mass is 10.1. The van der Waals surface area contributed by atoms with Crippen molar-refractivity contribution in [2.45, 2.75) is 213 Å². The van der Waals surface area contributed by atoms with Crippen LogP contribution in [0.1, 0.15) is 201 Å². The fourth-order valence-corrected chi connectivity index (χ4v) is 7.78. The van der Waals surface area contributed by atoms with Crippen molar-refractivity contribution in [2.75, 3.05) is 40.9 Å². The number of phosphoric ester groups is 1. The van der Waals surface area contributed by atoms with Gasteiger partial charge in [-0.05, 0) is 102 Å². The van der Waals surface area contributed by atoms with E-state index >= 15 is 0 Å². The Bertz CT molecular complexity index is 1550. The molecular formula is C59H102N2O7P+. The summed E-state index contributed by atoms with van der Waals surface area (Å²) in [6, 6.07) is -0.888. The largest absolute Gasteiger partial charge is 0.472 e. The molecule has 0 aromatic rings. The molecule has 0 saturated heterocycles. The standard InChI is InChI=1S/C59H101N2O7P/c1-7-10-13-16-19-22-25-28-30-31-32-34-37-40-43-46-49-52-59(63)68-57(50-47-44-41-38-35-27-24-21-18-15-12-9-3)56(55-67-69(64,65)66-54-53-61(4,5)6)60-58(62)51-48-45-42-39-36-33-29-26-23-20-17-14-11-8-2/h10-11,13-14,19-20,22-23,28-30,32-34,40,43,47,50,56-57H,7-9,12,15-18,21,24-27,31,35-39,41-42,44-46,48-49,51-55H2,1-6H3,(H-,60,62,64,65)/p+1/b13-10-,14-11+,22-19-,23-20+,30-28-,33-29+,34-32-,43-40-,50-47+. The summed E-state index contributed by atoms with van der Waals surface area (Å²) < 4.78 is 30.5. The minimum Gasteiger partial charge on any atom is -0.456 e. The average molecular weight is 982 g/mol. The monoisotopic (exact) mass is 982 g/mol. The van der Waals surface area contributed by atoms with Crippen LogP contribution >= 0.6 is 7.82 Å². The number of ether oxygens (including phenoxy) is 1. The first-order valence-corrected chi connectivity index (χ1v) is 28.7. The van der Waals surface area contributed by atoms with Crippen LogP contribution in [-0.4, -0.2) is 74.3 Å². The molecule has 1 amide bonds. The van der Waals surface area contributed by atoms with Crippen LogP contribution < -0.4 is 5.32 Å². The highest BCUT2D eigenvalue weighted by Gasteiger charge is 2.30. The number of carbonyl (C=O) groups is 2. The second-order valence-electron chi connectivity index (χ2n) is 19.0. The molecule has 3 unspecified atom stereocenters. The van der Waals surface area contributed by atoms with Crippen LogP contribution in [0.25, 0.3) is 0 Å². The summed E-state index contributed by atoms with van der Waals surface area (Å²) in [6.07, 6.45) is 65.2. The van der Waals surface area contributed by atoms with Crippen LogP contribution in [0, 0.1) is 0 Å². The normalized spacial score (nSPS) is 14.7. The molecule has 0 bridgehead atoms. The number of hydrogen-bond acceptors (Lipinski definition) is 6. The van der Waals surface area contributed by atoms with Gasteiger partial charge in [-0.1, -0.05) is 195 Å². The summed E-state index contributed by atoms with van der Waals surface area (Å²) in [4.78, 5) is 37.5. The van der Waals surface area contributed by atoms with Crippen molar-refractivity contribution in [1.82, 2.24) is 5.32 Å². The van der Waals surface area contributed by atoms with Gasteiger partial charge in [0, 0.05) is 12.8 Å². The molecule has 2 N–H and O–H groups in total. The molecule has 0 aliphatic rings. The van der Waals surface area contributed by atoms with Crippen molar-refractivity contribution >= 4 is 19.7 Å². The van der Waals surface area contributed by atoms with Gasteiger partial charge in [-0.25, -0.2) is 4.57 Å². The van der Waals surface area contributed by atoms with Gasteiger partial charge in [-0.15, -0.1) is 0 Å². The van der Waals surface area contributed by atoms with Crippen molar-refractivity contribution in [3.05, 3.63) is 109 Å². The summed E-state index contributed by atoms with van der Waals surface area (Å²) >= 11 is 0. The minimum absolute atomic E-state index is 0.0210. The maximum Gasteiger partial charge on any atom is 0.472 e. The SMILES string of the molecule is CC/C=C\C/C=C\C/C=C\C/C=C\C/C=C\CCCC(=O)OC(/C=C/CCCCCCCCCCCC)C(COP(=O)(O)OCC[N+](C)(C)C)NC(=O)CCCCCC/C=C/C/C=C/C/C=C/CC. The number of hydrogen-bond donors (Lipinski definition) is 2. The highest BCUT2D eigenvalue weighted by molar-refractivity contribution is 7.47. The number of nitrogens with one attached hydrogen (secondary N) is 1. The lowest BCUT2D eigenvalue weighted by molar-refractivity contribution is -0.870. The van der Waals surface area contributed by atoms with Gasteiger partial charge in [-0.3, -0.25) is 18.6 Å². The maximum atomic E-state index is 13.5. The van der Waals surface area contributed by atoms with Gasteiger partial charge in [-0.2, -0.15) is 0 Å². The Morgan fingerprint density at radius 3 is 1.42 bits per heavy atom. The first-order valence-electron chi connectivity index (χ1n) is 27.2. The summed E-state index contributed by atoms with van der Waals surface area (Å²) in [7, 11) is 1.43. The number of nitrogens with zero attached hydrogens (tertiary/aromatic N) is 1. The van der Waals surface area contributed by atoms with Gasteiger partial charge in [0.2, 0.25) is 5.91 Å². The Kier molecular flexibility index (Phi) is 46.0. The summed E-state index contributed by atoms with van der Waals surface area (Å²) in [6.45, 7) is 6.69. The van der Waals surface area contributed by atoms with Crippen LogP contribution in [0.5, 0.6) is 0 Å². The van der Waals surface area contributed by atoms with Crippen LogP contribution in [0.3, 0.4) is 0 Å². The van der Waals surface area contributed by atoms with Gasteiger partial charge < -0.3 is 19.4 Å². The zero-order chi connectivity index (χ0) is 50.8. The molecule has 0 spiro atoms. The number of esters is 1.